The van der Waals surface area contributed by atoms with E-state index >= 15 is 0 Å². The van der Waals surface area contributed by atoms with E-state index in [-0.39, 0.29) is 43.1 Å². The number of carbonyl (C=O) groups is 1. The zero-order valence-electron chi connectivity index (χ0n) is 13.4. The van der Waals surface area contributed by atoms with Crippen LogP contribution in [0.5, 0.6) is 0 Å². The summed E-state index contributed by atoms with van der Waals surface area (Å²) < 4.78 is 0. The van der Waals surface area contributed by atoms with Crippen LogP contribution in [0.1, 0.15) is 25.7 Å². The quantitative estimate of drug-likeness (QED) is 0.729. The first-order valence-corrected chi connectivity index (χ1v) is 7.65. The Morgan fingerprint density at radius 1 is 1.18 bits per heavy atom. The molecule has 22 heavy (non-hydrogen) atoms. The van der Waals surface area contributed by atoms with Gasteiger partial charge in [-0.15, -0.1) is 37.2 Å². The number of piperazine rings is 1. The maximum absolute atomic E-state index is 11.7. The monoisotopic (exact) mass is 376 g/mol. The Balaban J connectivity index is 0. The fraction of sp³-hybridized carbons (Fsp3) is 0.929. The van der Waals surface area contributed by atoms with Crippen LogP contribution in [0.15, 0.2) is 0 Å². The van der Waals surface area contributed by atoms with Gasteiger partial charge >= 0.3 is 0 Å². The Labute approximate surface area is 153 Å². The minimum Gasteiger partial charge on any atom is -0.355 e. The second-order valence-corrected chi connectivity index (χ2v) is 5.83. The van der Waals surface area contributed by atoms with E-state index in [0.717, 1.165) is 52.2 Å². The summed E-state index contributed by atoms with van der Waals surface area (Å²) in [6.45, 7) is 7.43. The molecule has 2 saturated heterocycles. The highest BCUT2D eigenvalue weighted by Crippen LogP contribution is 2.10. The van der Waals surface area contributed by atoms with Gasteiger partial charge in [0, 0.05) is 51.7 Å². The third-order valence-corrected chi connectivity index (χ3v) is 4.23. The lowest BCUT2D eigenvalue weighted by atomic mass is 10.1. The molecule has 2 N–H and O–H groups in total. The van der Waals surface area contributed by atoms with E-state index in [9.17, 15) is 4.79 Å². The molecule has 2 aliphatic heterocycles. The first-order chi connectivity index (χ1) is 9.24. The molecule has 0 bridgehead atoms. The molecular formula is C14H31Cl3N4O. The van der Waals surface area contributed by atoms with Crippen molar-refractivity contribution in [1.29, 1.82) is 0 Å². The third kappa shape index (κ3) is 9.38. The Morgan fingerprint density at radius 3 is 2.45 bits per heavy atom. The van der Waals surface area contributed by atoms with Gasteiger partial charge < -0.3 is 15.5 Å². The predicted octanol–water partition coefficient (Wildman–Crippen LogP) is 1.15. The van der Waals surface area contributed by atoms with Crippen molar-refractivity contribution in [2.24, 2.45) is 0 Å². The summed E-state index contributed by atoms with van der Waals surface area (Å²) in [5.74, 6) is 0.211. The van der Waals surface area contributed by atoms with Crippen molar-refractivity contribution < 1.29 is 4.79 Å². The van der Waals surface area contributed by atoms with Crippen LogP contribution in [0.2, 0.25) is 0 Å². The van der Waals surface area contributed by atoms with Crippen LogP contribution >= 0.6 is 37.2 Å². The van der Waals surface area contributed by atoms with Crippen molar-refractivity contribution in [2.45, 2.75) is 31.7 Å². The van der Waals surface area contributed by atoms with E-state index in [1.54, 1.807) is 0 Å². The van der Waals surface area contributed by atoms with Crippen molar-refractivity contribution in [3.05, 3.63) is 0 Å². The first-order valence-electron chi connectivity index (χ1n) is 7.65. The van der Waals surface area contributed by atoms with Gasteiger partial charge in [0.05, 0.1) is 0 Å². The standard InChI is InChI=1S/C14H28N4O.3ClH/c1-17-9-11-18(12-10-17)8-7-16-14(19)5-4-13-3-2-6-15-13;;;/h13,15H,2-12H2,1H3,(H,16,19);3*1H. The molecule has 2 heterocycles. The van der Waals surface area contributed by atoms with Gasteiger partial charge in [-0.05, 0) is 32.9 Å². The summed E-state index contributed by atoms with van der Waals surface area (Å²) in [6, 6.07) is 0.573. The van der Waals surface area contributed by atoms with Gasteiger partial charge in [0.2, 0.25) is 5.91 Å². The van der Waals surface area contributed by atoms with Crippen LogP contribution in [-0.4, -0.2) is 74.6 Å². The molecule has 2 fully saturated rings. The molecule has 2 aliphatic rings. The van der Waals surface area contributed by atoms with Crippen LogP contribution in [0.3, 0.4) is 0 Å². The molecular weight excluding hydrogens is 347 g/mol. The summed E-state index contributed by atoms with van der Waals surface area (Å²) >= 11 is 0. The SMILES string of the molecule is CN1CCN(CCNC(=O)CCC2CCCN2)CC1.Cl.Cl.Cl. The molecule has 0 aromatic heterocycles. The maximum atomic E-state index is 11.7. The maximum Gasteiger partial charge on any atom is 0.220 e. The van der Waals surface area contributed by atoms with Gasteiger partial charge in [-0.25, -0.2) is 0 Å². The number of rotatable bonds is 6. The van der Waals surface area contributed by atoms with Crippen LogP contribution in [0.25, 0.3) is 0 Å². The number of amides is 1. The summed E-state index contributed by atoms with van der Waals surface area (Å²) in [7, 11) is 2.16. The smallest absolute Gasteiger partial charge is 0.220 e. The molecule has 1 amide bonds. The van der Waals surface area contributed by atoms with Crippen LogP contribution in [-0.2, 0) is 4.79 Å². The molecule has 0 saturated carbocycles. The van der Waals surface area contributed by atoms with Gasteiger partial charge in [0.15, 0.2) is 0 Å². The number of likely N-dealkylation sites (N-methyl/N-ethyl adjacent to an activating group) is 1. The summed E-state index contributed by atoms with van der Waals surface area (Å²) in [4.78, 5) is 16.5. The molecule has 8 heteroatoms. The summed E-state index contributed by atoms with van der Waals surface area (Å²) in [6.07, 6.45) is 4.14. The Hall–Kier alpha value is 0.220. The summed E-state index contributed by atoms with van der Waals surface area (Å²) in [5, 5.41) is 6.47. The van der Waals surface area contributed by atoms with Crippen LogP contribution < -0.4 is 10.6 Å². The Kier molecular flexibility index (Phi) is 15.2. The Bertz CT molecular complexity index is 283. The molecule has 0 aliphatic carbocycles. The summed E-state index contributed by atoms with van der Waals surface area (Å²) in [5.41, 5.74) is 0. The normalized spacial score (nSPS) is 22.1. The molecule has 134 valence electrons. The lowest BCUT2D eigenvalue weighted by Gasteiger charge is -2.32. The topological polar surface area (TPSA) is 47.6 Å². The lowest BCUT2D eigenvalue weighted by molar-refractivity contribution is -0.121. The van der Waals surface area contributed by atoms with Crippen molar-refractivity contribution in [3.8, 4) is 0 Å². The van der Waals surface area contributed by atoms with Crippen molar-refractivity contribution >= 4 is 43.1 Å². The van der Waals surface area contributed by atoms with Gasteiger partial charge in [-0.2, -0.15) is 0 Å². The average Bonchev–Trinajstić information content (AvgIpc) is 2.92. The zero-order chi connectivity index (χ0) is 13.5. The van der Waals surface area contributed by atoms with Gasteiger partial charge in [-0.3, -0.25) is 9.69 Å². The molecule has 1 unspecified atom stereocenters. The van der Waals surface area contributed by atoms with Crippen LogP contribution in [0, 0.1) is 0 Å². The largest absolute Gasteiger partial charge is 0.355 e. The number of nitrogens with one attached hydrogen (secondary N) is 2. The second kappa shape index (κ2) is 13.6. The van der Waals surface area contributed by atoms with Crippen LogP contribution in [0.4, 0.5) is 0 Å². The average molecular weight is 378 g/mol. The molecule has 5 nitrogen and oxygen atoms in total. The highest BCUT2D eigenvalue weighted by Gasteiger charge is 2.16. The fourth-order valence-corrected chi connectivity index (χ4v) is 2.82. The second-order valence-electron chi connectivity index (χ2n) is 5.83. The molecule has 0 aromatic rings. The first kappa shape index (κ1) is 24.5. The van der Waals surface area contributed by atoms with E-state index in [2.05, 4.69) is 27.5 Å². The highest BCUT2D eigenvalue weighted by molar-refractivity contribution is 5.86. The highest BCUT2D eigenvalue weighted by atomic mass is 35.5. The van der Waals surface area contributed by atoms with Crippen molar-refractivity contribution in [1.82, 2.24) is 20.4 Å². The number of hydrogen-bond donors (Lipinski definition) is 2. The van der Waals surface area contributed by atoms with Crippen molar-refractivity contribution in [2.75, 3.05) is 52.9 Å². The van der Waals surface area contributed by atoms with E-state index in [4.69, 9.17) is 0 Å². The minimum atomic E-state index is 0. The third-order valence-electron chi connectivity index (χ3n) is 4.23. The zero-order valence-corrected chi connectivity index (χ0v) is 15.8. The number of carbonyl (C=O) groups excluding carboxylic acids is 1. The molecule has 1 atom stereocenters. The molecule has 0 aromatic carbocycles. The van der Waals surface area contributed by atoms with E-state index < -0.39 is 0 Å². The lowest BCUT2D eigenvalue weighted by Crippen LogP contribution is -2.46. The van der Waals surface area contributed by atoms with Gasteiger partial charge in [0.25, 0.3) is 0 Å². The molecule has 2 rings (SSSR count). The van der Waals surface area contributed by atoms with Gasteiger partial charge in [0.1, 0.15) is 0 Å². The number of nitrogens with zero attached hydrogens (tertiary/aromatic N) is 2. The Morgan fingerprint density at radius 2 is 1.86 bits per heavy atom. The van der Waals surface area contributed by atoms with E-state index in [0.29, 0.717) is 12.5 Å². The fourth-order valence-electron chi connectivity index (χ4n) is 2.82. The van der Waals surface area contributed by atoms with E-state index in [1.807, 2.05) is 0 Å². The van der Waals surface area contributed by atoms with Crippen molar-refractivity contribution in [3.63, 3.8) is 0 Å². The molecule has 0 radical (unpaired) electrons. The number of hydrogen-bond acceptors (Lipinski definition) is 4. The van der Waals surface area contributed by atoms with Gasteiger partial charge in [-0.1, -0.05) is 0 Å². The minimum absolute atomic E-state index is 0. The van der Waals surface area contributed by atoms with E-state index in [1.165, 1.54) is 12.8 Å². The number of halogens is 3. The predicted molar refractivity (Wildman–Crippen MR) is 98.9 cm³/mol. The molecule has 0 spiro atoms.